The van der Waals surface area contributed by atoms with Gasteiger partial charge in [-0.25, -0.2) is 4.39 Å². The number of amides is 2. The molecule has 1 aliphatic rings. The van der Waals surface area contributed by atoms with Gasteiger partial charge in [0, 0.05) is 38.5 Å². The molecule has 0 spiro atoms. The monoisotopic (exact) mass is 584 g/mol. The fraction of sp³-hybridized carbons (Fsp3) is 0.483. The molecule has 4 rings (SSSR count). The van der Waals surface area contributed by atoms with E-state index in [0.717, 1.165) is 12.8 Å². The fourth-order valence-corrected chi connectivity index (χ4v) is 4.73. The van der Waals surface area contributed by atoms with E-state index in [1.54, 1.807) is 25.3 Å². The number of tetrazole rings is 1. The van der Waals surface area contributed by atoms with Gasteiger partial charge >= 0.3 is 0 Å². The van der Waals surface area contributed by atoms with E-state index < -0.39 is 17.8 Å². The predicted octanol–water partition coefficient (Wildman–Crippen LogP) is 2.79. The molecule has 42 heavy (non-hydrogen) atoms. The average Bonchev–Trinajstić information content (AvgIpc) is 3.70. The summed E-state index contributed by atoms with van der Waals surface area (Å²) >= 11 is 0. The zero-order valence-corrected chi connectivity index (χ0v) is 24.1. The number of hydrogen-bond donors (Lipinski definition) is 1. The van der Waals surface area contributed by atoms with Crippen molar-refractivity contribution in [2.45, 2.75) is 44.9 Å². The summed E-state index contributed by atoms with van der Waals surface area (Å²) in [7, 11) is 3.07. The van der Waals surface area contributed by atoms with E-state index in [4.69, 9.17) is 18.9 Å². The molecule has 226 valence electrons. The number of methoxy groups -OCH3 is 2. The number of benzene rings is 2. The second-order valence-corrected chi connectivity index (χ2v) is 9.69. The van der Waals surface area contributed by atoms with Crippen LogP contribution in [0.2, 0.25) is 0 Å². The Morgan fingerprint density at radius 2 is 1.95 bits per heavy atom. The quantitative estimate of drug-likeness (QED) is 0.268. The molecule has 1 fully saturated rings. The summed E-state index contributed by atoms with van der Waals surface area (Å²) in [6, 6.07) is 9.74. The van der Waals surface area contributed by atoms with E-state index in [1.807, 2.05) is 6.92 Å². The van der Waals surface area contributed by atoms with Crippen molar-refractivity contribution in [3.05, 3.63) is 53.8 Å². The summed E-state index contributed by atoms with van der Waals surface area (Å²) in [4.78, 5) is 30.0. The third kappa shape index (κ3) is 8.01. The van der Waals surface area contributed by atoms with E-state index in [0.29, 0.717) is 55.4 Å². The van der Waals surface area contributed by atoms with E-state index in [-0.39, 0.29) is 30.9 Å². The van der Waals surface area contributed by atoms with Crippen LogP contribution in [0.4, 0.5) is 4.39 Å². The number of hydrogen-bond acceptors (Lipinski definition) is 9. The number of carbonyl (C=O) groups is 2. The lowest BCUT2D eigenvalue weighted by Crippen LogP contribution is -2.47. The molecule has 2 heterocycles. The summed E-state index contributed by atoms with van der Waals surface area (Å²) in [6.45, 7) is 3.72. The number of rotatable bonds is 15. The lowest BCUT2D eigenvalue weighted by atomic mass is 10.0. The third-order valence-corrected chi connectivity index (χ3v) is 6.86. The molecule has 0 saturated carbocycles. The lowest BCUT2D eigenvalue weighted by molar-refractivity contribution is -0.142. The van der Waals surface area contributed by atoms with Crippen LogP contribution in [0.1, 0.15) is 37.8 Å². The van der Waals surface area contributed by atoms with Gasteiger partial charge in [-0.2, -0.15) is 4.80 Å². The SMILES string of the molecule is CCOCCCN(C(=O)Cn1nnc(-c2ccc(OC)c(OC)c2)n1)[C@@H](C(=O)NC[C@H]1CCCO1)c1ccc(F)cc1. The Hall–Kier alpha value is -4.10. The largest absolute Gasteiger partial charge is 0.493 e. The maximum Gasteiger partial charge on any atom is 0.247 e. The molecule has 0 unspecified atom stereocenters. The van der Waals surface area contributed by atoms with Crippen LogP contribution in [0.15, 0.2) is 42.5 Å². The highest BCUT2D eigenvalue weighted by Gasteiger charge is 2.32. The topological polar surface area (TPSA) is 130 Å². The van der Waals surface area contributed by atoms with Gasteiger partial charge in [0.15, 0.2) is 11.5 Å². The molecule has 2 atom stereocenters. The van der Waals surface area contributed by atoms with Crippen LogP contribution in [-0.2, 0) is 25.6 Å². The minimum Gasteiger partial charge on any atom is -0.493 e. The number of aromatic nitrogens is 4. The number of halogens is 1. The minimum absolute atomic E-state index is 0.0840. The number of nitrogens with one attached hydrogen (secondary N) is 1. The van der Waals surface area contributed by atoms with Crippen molar-refractivity contribution in [3.63, 3.8) is 0 Å². The Kier molecular flexibility index (Phi) is 11.2. The smallest absolute Gasteiger partial charge is 0.247 e. The van der Waals surface area contributed by atoms with Gasteiger partial charge in [-0.3, -0.25) is 9.59 Å². The molecule has 1 N–H and O–H groups in total. The van der Waals surface area contributed by atoms with Crippen LogP contribution in [0, 0.1) is 5.82 Å². The Balaban J connectivity index is 1.57. The molecule has 2 amide bonds. The van der Waals surface area contributed by atoms with E-state index in [2.05, 4.69) is 20.7 Å². The maximum atomic E-state index is 13.8. The molecule has 0 aliphatic carbocycles. The van der Waals surface area contributed by atoms with Crippen LogP contribution in [0.25, 0.3) is 11.4 Å². The highest BCUT2D eigenvalue weighted by atomic mass is 19.1. The van der Waals surface area contributed by atoms with Crippen LogP contribution >= 0.6 is 0 Å². The van der Waals surface area contributed by atoms with Crippen molar-refractivity contribution in [1.82, 2.24) is 30.4 Å². The summed E-state index contributed by atoms with van der Waals surface area (Å²) in [5, 5.41) is 15.5. The highest BCUT2D eigenvalue weighted by molar-refractivity contribution is 5.88. The molecular formula is C29H37FN6O6. The van der Waals surface area contributed by atoms with Crippen LogP contribution in [-0.4, -0.2) is 90.2 Å². The Morgan fingerprint density at radius 3 is 2.64 bits per heavy atom. The van der Waals surface area contributed by atoms with Crippen molar-refractivity contribution in [1.29, 1.82) is 0 Å². The maximum absolute atomic E-state index is 13.8. The highest BCUT2D eigenvalue weighted by Crippen LogP contribution is 2.31. The first-order chi connectivity index (χ1) is 20.4. The molecule has 1 aromatic heterocycles. The van der Waals surface area contributed by atoms with Gasteiger partial charge in [0.25, 0.3) is 0 Å². The van der Waals surface area contributed by atoms with Crippen LogP contribution < -0.4 is 14.8 Å². The van der Waals surface area contributed by atoms with Crippen LogP contribution in [0.3, 0.4) is 0 Å². The third-order valence-electron chi connectivity index (χ3n) is 6.86. The summed E-state index contributed by atoms with van der Waals surface area (Å²) in [5.74, 6) is 0.0935. The summed E-state index contributed by atoms with van der Waals surface area (Å²) in [6.07, 6.45) is 2.18. The van der Waals surface area contributed by atoms with Crippen molar-refractivity contribution in [2.24, 2.45) is 0 Å². The van der Waals surface area contributed by atoms with E-state index in [9.17, 15) is 14.0 Å². The zero-order valence-electron chi connectivity index (χ0n) is 24.1. The van der Waals surface area contributed by atoms with Crippen molar-refractivity contribution < 1.29 is 32.9 Å². The van der Waals surface area contributed by atoms with Crippen LogP contribution in [0.5, 0.6) is 11.5 Å². The first kappa shape index (κ1) is 30.8. The average molecular weight is 585 g/mol. The van der Waals surface area contributed by atoms with Crippen molar-refractivity contribution >= 4 is 11.8 Å². The molecule has 1 aliphatic heterocycles. The second kappa shape index (κ2) is 15.2. The molecule has 13 heteroatoms. The van der Waals surface area contributed by atoms with Gasteiger partial charge in [0.1, 0.15) is 18.4 Å². The summed E-state index contributed by atoms with van der Waals surface area (Å²) in [5.41, 5.74) is 1.10. The van der Waals surface area contributed by atoms with Crippen molar-refractivity contribution in [3.8, 4) is 22.9 Å². The number of carbonyl (C=O) groups excluding carboxylic acids is 2. The standard InChI is InChI=1S/C29H37FN6O6/c1-4-41-15-6-14-35(27(20-8-11-22(30)12-9-20)29(38)31-18-23-7-5-16-42-23)26(37)19-36-33-28(32-34-36)21-10-13-24(39-2)25(17-21)40-3/h8-13,17,23,27H,4-7,14-16,18-19H2,1-3H3,(H,31,38)/t23-,27-/m1/s1. The molecule has 12 nitrogen and oxygen atoms in total. The van der Waals surface area contributed by atoms with Gasteiger partial charge in [-0.05, 0) is 67.3 Å². The van der Waals surface area contributed by atoms with E-state index in [1.165, 1.54) is 41.1 Å². The predicted molar refractivity (Wildman–Crippen MR) is 150 cm³/mol. The van der Waals surface area contributed by atoms with Crippen molar-refractivity contribution in [2.75, 3.05) is 47.1 Å². The summed E-state index contributed by atoms with van der Waals surface area (Å²) < 4.78 is 35.6. The fourth-order valence-electron chi connectivity index (χ4n) is 4.73. The molecule has 2 aromatic carbocycles. The molecule has 3 aromatic rings. The van der Waals surface area contributed by atoms with Gasteiger partial charge < -0.3 is 29.2 Å². The zero-order chi connectivity index (χ0) is 29.9. The van der Waals surface area contributed by atoms with Gasteiger partial charge in [0.05, 0.1) is 20.3 Å². The van der Waals surface area contributed by atoms with Gasteiger partial charge in [-0.1, -0.05) is 12.1 Å². The minimum atomic E-state index is -1.02. The molecule has 1 saturated heterocycles. The molecular weight excluding hydrogens is 547 g/mol. The van der Waals surface area contributed by atoms with Gasteiger partial charge in [-0.15, -0.1) is 10.2 Å². The van der Waals surface area contributed by atoms with E-state index >= 15 is 0 Å². The Labute approximate surface area is 244 Å². The lowest BCUT2D eigenvalue weighted by Gasteiger charge is -2.31. The Bertz CT molecular complexity index is 1310. The first-order valence-corrected chi connectivity index (χ1v) is 14.0. The molecule has 0 radical (unpaired) electrons. The number of ether oxygens (including phenoxy) is 4. The number of nitrogens with zero attached hydrogens (tertiary/aromatic N) is 5. The molecule has 0 bridgehead atoms. The second-order valence-electron chi connectivity index (χ2n) is 9.69. The Morgan fingerprint density at radius 1 is 1.17 bits per heavy atom. The van der Waals surface area contributed by atoms with Gasteiger partial charge in [0.2, 0.25) is 17.6 Å². The normalized spacial score (nSPS) is 15.3. The first-order valence-electron chi connectivity index (χ1n) is 14.0.